The van der Waals surface area contributed by atoms with Crippen LogP contribution in [0.4, 0.5) is 5.69 Å². The molecule has 1 amide bonds. The molecular formula is C13H20N4O. The number of pyridine rings is 1. The number of rotatable bonds is 3. The normalized spacial score (nSPS) is 19.7. The van der Waals surface area contributed by atoms with Crippen LogP contribution in [0, 0.1) is 0 Å². The number of carbonyl (C=O) groups excluding carboxylic acids is 1. The zero-order valence-corrected chi connectivity index (χ0v) is 10.9. The third-order valence-corrected chi connectivity index (χ3v) is 3.15. The average Bonchev–Trinajstić information content (AvgIpc) is 2.40. The molecule has 1 atom stereocenters. The molecule has 1 saturated heterocycles. The lowest BCUT2D eigenvalue weighted by atomic mass is 10.2. The zero-order chi connectivity index (χ0) is 13.0. The molecule has 1 aromatic rings. The first-order valence-electron chi connectivity index (χ1n) is 6.44. The highest BCUT2D eigenvalue weighted by Crippen LogP contribution is 2.18. The van der Waals surface area contributed by atoms with Crippen LogP contribution in [0.15, 0.2) is 18.3 Å². The summed E-state index contributed by atoms with van der Waals surface area (Å²) in [5.74, 6) is -0.109. The molecule has 2 heterocycles. The Bertz CT molecular complexity index is 421. The second-order valence-electron chi connectivity index (χ2n) is 4.51. The lowest BCUT2D eigenvalue weighted by Crippen LogP contribution is -2.50. The summed E-state index contributed by atoms with van der Waals surface area (Å²) >= 11 is 0. The van der Waals surface area contributed by atoms with Gasteiger partial charge in [0.05, 0.1) is 0 Å². The van der Waals surface area contributed by atoms with Crippen molar-refractivity contribution < 1.29 is 4.79 Å². The van der Waals surface area contributed by atoms with E-state index >= 15 is 0 Å². The summed E-state index contributed by atoms with van der Waals surface area (Å²) in [5, 5.41) is 6.13. The summed E-state index contributed by atoms with van der Waals surface area (Å²) in [7, 11) is 0. The van der Waals surface area contributed by atoms with E-state index < -0.39 is 0 Å². The Hall–Kier alpha value is -1.62. The van der Waals surface area contributed by atoms with Crippen molar-refractivity contribution in [3.05, 3.63) is 24.0 Å². The summed E-state index contributed by atoms with van der Waals surface area (Å²) < 4.78 is 0. The van der Waals surface area contributed by atoms with Crippen molar-refractivity contribution in [3.8, 4) is 0 Å². The van der Waals surface area contributed by atoms with E-state index in [0.29, 0.717) is 18.3 Å². The van der Waals surface area contributed by atoms with Gasteiger partial charge in [-0.15, -0.1) is 0 Å². The van der Waals surface area contributed by atoms with Crippen molar-refractivity contribution in [2.24, 2.45) is 0 Å². The molecule has 18 heavy (non-hydrogen) atoms. The molecule has 1 unspecified atom stereocenters. The number of nitrogens with zero attached hydrogens (tertiary/aromatic N) is 2. The molecule has 0 aliphatic carbocycles. The second kappa shape index (κ2) is 5.82. The van der Waals surface area contributed by atoms with Gasteiger partial charge in [-0.05, 0) is 26.0 Å². The van der Waals surface area contributed by atoms with E-state index in [9.17, 15) is 4.79 Å². The van der Waals surface area contributed by atoms with Gasteiger partial charge in [0, 0.05) is 44.1 Å². The number of piperazine rings is 1. The molecular weight excluding hydrogens is 228 g/mol. The zero-order valence-electron chi connectivity index (χ0n) is 10.9. The van der Waals surface area contributed by atoms with Gasteiger partial charge in [-0.25, -0.2) is 0 Å². The van der Waals surface area contributed by atoms with Crippen LogP contribution in [0.25, 0.3) is 0 Å². The van der Waals surface area contributed by atoms with E-state index in [1.165, 1.54) is 0 Å². The van der Waals surface area contributed by atoms with E-state index in [1.54, 1.807) is 6.20 Å². The van der Waals surface area contributed by atoms with Gasteiger partial charge in [0.2, 0.25) is 0 Å². The van der Waals surface area contributed by atoms with E-state index in [0.717, 1.165) is 25.3 Å². The minimum atomic E-state index is -0.109. The number of aromatic nitrogens is 1. The van der Waals surface area contributed by atoms with Crippen molar-refractivity contribution in [1.29, 1.82) is 0 Å². The third kappa shape index (κ3) is 2.79. The molecule has 0 spiro atoms. The maximum absolute atomic E-state index is 11.8. The fourth-order valence-corrected chi connectivity index (χ4v) is 2.20. The van der Waals surface area contributed by atoms with Crippen molar-refractivity contribution >= 4 is 11.6 Å². The van der Waals surface area contributed by atoms with Crippen LogP contribution in [-0.4, -0.2) is 43.1 Å². The highest BCUT2D eigenvalue weighted by molar-refractivity contribution is 5.93. The predicted molar refractivity (Wildman–Crippen MR) is 71.9 cm³/mol. The molecule has 1 aliphatic heterocycles. The molecule has 0 bridgehead atoms. The number of amides is 1. The first-order valence-corrected chi connectivity index (χ1v) is 6.44. The monoisotopic (exact) mass is 248 g/mol. The van der Waals surface area contributed by atoms with Gasteiger partial charge in [-0.3, -0.25) is 9.78 Å². The molecule has 0 saturated carbocycles. The third-order valence-electron chi connectivity index (χ3n) is 3.15. The summed E-state index contributed by atoms with van der Waals surface area (Å²) in [5.41, 5.74) is 1.56. The summed E-state index contributed by atoms with van der Waals surface area (Å²) in [6, 6.07) is 4.26. The summed E-state index contributed by atoms with van der Waals surface area (Å²) in [4.78, 5) is 18.2. The van der Waals surface area contributed by atoms with Gasteiger partial charge in [0.1, 0.15) is 5.69 Å². The Morgan fingerprint density at radius 2 is 2.50 bits per heavy atom. The molecule has 0 radical (unpaired) electrons. The standard InChI is InChI=1S/C13H20N4O/c1-3-15-13(18)12-8-11(4-5-16-12)17-7-6-14-9-10(17)2/h4-5,8,10,14H,3,6-7,9H2,1-2H3,(H,15,18). The second-order valence-corrected chi connectivity index (χ2v) is 4.51. The van der Waals surface area contributed by atoms with Crippen LogP contribution >= 0.6 is 0 Å². The summed E-state index contributed by atoms with van der Waals surface area (Å²) in [6.07, 6.45) is 1.70. The predicted octanol–water partition coefficient (Wildman–Crippen LogP) is 0.629. The van der Waals surface area contributed by atoms with Crippen molar-refractivity contribution in [2.75, 3.05) is 31.1 Å². The van der Waals surface area contributed by atoms with E-state index in [4.69, 9.17) is 0 Å². The van der Waals surface area contributed by atoms with Crippen molar-refractivity contribution in [3.63, 3.8) is 0 Å². The highest BCUT2D eigenvalue weighted by Gasteiger charge is 2.19. The number of nitrogens with one attached hydrogen (secondary N) is 2. The van der Waals surface area contributed by atoms with Crippen LogP contribution in [0.2, 0.25) is 0 Å². The molecule has 5 nitrogen and oxygen atoms in total. The van der Waals surface area contributed by atoms with Gasteiger partial charge in [0.25, 0.3) is 5.91 Å². The van der Waals surface area contributed by atoms with Gasteiger partial charge >= 0.3 is 0 Å². The topological polar surface area (TPSA) is 57.3 Å². The largest absolute Gasteiger partial charge is 0.366 e. The fraction of sp³-hybridized carbons (Fsp3) is 0.538. The lowest BCUT2D eigenvalue weighted by Gasteiger charge is -2.35. The highest BCUT2D eigenvalue weighted by atomic mass is 16.1. The minimum absolute atomic E-state index is 0.109. The van der Waals surface area contributed by atoms with Gasteiger partial charge in [0.15, 0.2) is 0 Å². The number of carbonyl (C=O) groups is 1. The summed E-state index contributed by atoms with van der Waals surface area (Å²) in [6.45, 7) is 7.61. The lowest BCUT2D eigenvalue weighted by molar-refractivity contribution is 0.0951. The molecule has 5 heteroatoms. The Morgan fingerprint density at radius 1 is 1.67 bits per heavy atom. The van der Waals surface area contributed by atoms with Crippen LogP contribution in [-0.2, 0) is 0 Å². The van der Waals surface area contributed by atoms with Crippen molar-refractivity contribution in [2.45, 2.75) is 19.9 Å². The molecule has 1 fully saturated rings. The minimum Gasteiger partial charge on any atom is -0.366 e. The molecule has 98 valence electrons. The van der Waals surface area contributed by atoms with Crippen LogP contribution in [0.3, 0.4) is 0 Å². The Morgan fingerprint density at radius 3 is 3.22 bits per heavy atom. The van der Waals surface area contributed by atoms with Crippen molar-refractivity contribution in [1.82, 2.24) is 15.6 Å². The van der Waals surface area contributed by atoms with Crippen LogP contribution in [0.5, 0.6) is 0 Å². The first-order chi connectivity index (χ1) is 8.72. The molecule has 2 N–H and O–H groups in total. The average molecular weight is 248 g/mol. The number of hydrogen-bond acceptors (Lipinski definition) is 4. The number of anilines is 1. The van der Waals surface area contributed by atoms with Gasteiger partial charge < -0.3 is 15.5 Å². The molecule has 0 aromatic carbocycles. The Balaban J connectivity index is 2.18. The molecule has 1 aromatic heterocycles. The smallest absolute Gasteiger partial charge is 0.269 e. The van der Waals surface area contributed by atoms with E-state index in [2.05, 4.69) is 27.4 Å². The quantitative estimate of drug-likeness (QED) is 0.824. The number of hydrogen-bond donors (Lipinski definition) is 2. The maximum Gasteiger partial charge on any atom is 0.269 e. The van der Waals surface area contributed by atoms with Gasteiger partial charge in [-0.2, -0.15) is 0 Å². The van der Waals surface area contributed by atoms with E-state index in [1.807, 2.05) is 19.1 Å². The van der Waals surface area contributed by atoms with E-state index in [-0.39, 0.29) is 5.91 Å². The van der Waals surface area contributed by atoms with Crippen LogP contribution in [0.1, 0.15) is 24.3 Å². The molecule has 2 rings (SSSR count). The fourth-order valence-electron chi connectivity index (χ4n) is 2.20. The SMILES string of the molecule is CCNC(=O)c1cc(N2CCNCC2C)ccn1. The van der Waals surface area contributed by atoms with Gasteiger partial charge in [-0.1, -0.05) is 0 Å². The first kappa shape index (κ1) is 12.8. The maximum atomic E-state index is 11.8. The Labute approximate surface area is 108 Å². The van der Waals surface area contributed by atoms with Crippen LogP contribution < -0.4 is 15.5 Å². The molecule has 1 aliphatic rings. The Kier molecular flexibility index (Phi) is 4.15.